The molecular weight excluding hydrogens is 871 g/mol. The second-order valence-electron chi connectivity index (χ2n) is 18.5. The van der Waals surface area contributed by atoms with Gasteiger partial charge in [0.2, 0.25) is 11.8 Å². The summed E-state index contributed by atoms with van der Waals surface area (Å²) in [4.78, 5) is 95.6. The molecule has 0 aliphatic carbocycles. The van der Waals surface area contributed by atoms with Gasteiger partial charge in [-0.05, 0) is 75.5 Å². The number of likely N-dealkylation sites (tertiary alicyclic amines) is 2. The molecule has 3 fully saturated rings. The molecule has 0 bridgehead atoms. The van der Waals surface area contributed by atoms with Crippen LogP contribution in [0.1, 0.15) is 125 Å². The molecule has 0 radical (unpaired) electrons. The standard InChI is InChI=1S/C48H65N5O10S2/c1-28(60-6)32(22-44(56)62-8)46(58)51-20-10-12-38(51)40(54)24-42-49-34(26-64-42)36-18-19-37(53(36)31-16-14-30(15-17-31)48(3,4)5)35-27-65-43(50-35)25-41(55)39-13-11-21-52(39)47(59)33(29(2)61-7)23-45(57)63-9/h14-17,26-29,32-33,36-39H,10-13,18-25H2,1-9H3/t28-,29-,32+,33+,36+,37+,38+,39+/m1/s1. The molecule has 65 heavy (non-hydrogen) atoms. The van der Waals surface area contributed by atoms with E-state index in [2.05, 4.69) is 49.9 Å². The van der Waals surface area contributed by atoms with Crippen LogP contribution in [0.5, 0.6) is 0 Å². The first-order chi connectivity index (χ1) is 31.0. The number of benzene rings is 1. The fourth-order valence-electron chi connectivity index (χ4n) is 9.46. The fourth-order valence-corrected chi connectivity index (χ4v) is 11.2. The molecule has 8 atom stereocenters. The second kappa shape index (κ2) is 21.8. The summed E-state index contributed by atoms with van der Waals surface area (Å²) in [6.45, 7) is 10.9. The summed E-state index contributed by atoms with van der Waals surface area (Å²) in [5.74, 6) is -3.29. The van der Waals surface area contributed by atoms with Crippen LogP contribution in [0.3, 0.4) is 0 Å². The van der Waals surface area contributed by atoms with Gasteiger partial charge in [0, 0.05) is 43.8 Å². The van der Waals surface area contributed by atoms with Crippen molar-refractivity contribution in [2.75, 3.05) is 46.4 Å². The Kier molecular flexibility index (Phi) is 16.7. The fraction of sp³-hybridized carbons (Fsp3) is 0.625. The number of nitrogens with zero attached hydrogens (tertiary/aromatic N) is 5. The van der Waals surface area contributed by atoms with Crippen LogP contribution in [0.2, 0.25) is 0 Å². The first-order valence-electron chi connectivity index (χ1n) is 22.6. The van der Waals surface area contributed by atoms with Crippen molar-refractivity contribution < 1.29 is 47.7 Å². The van der Waals surface area contributed by atoms with E-state index in [0.29, 0.717) is 48.8 Å². The number of thiazole rings is 2. The number of hydrogen-bond acceptors (Lipinski definition) is 15. The minimum atomic E-state index is -0.766. The third kappa shape index (κ3) is 11.5. The van der Waals surface area contributed by atoms with Crippen molar-refractivity contribution in [1.29, 1.82) is 0 Å². The molecule has 2 aromatic heterocycles. The molecule has 0 saturated carbocycles. The highest BCUT2D eigenvalue weighted by Gasteiger charge is 2.43. The highest BCUT2D eigenvalue weighted by molar-refractivity contribution is 7.10. The van der Waals surface area contributed by atoms with E-state index in [1.807, 2.05) is 10.8 Å². The number of anilines is 1. The smallest absolute Gasteiger partial charge is 0.306 e. The van der Waals surface area contributed by atoms with Gasteiger partial charge in [0.05, 0.1) is 99.5 Å². The van der Waals surface area contributed by atoms with Gasteiger partial charge < -0.3 is 33.6 Å². The number of esters is 2. The third-order valence-electron chi connectivity index (χ3n) is 13.4. The quantitative estimate of drug-likeness (QED) is 0.118. The first-order valence-corrected chi connectivity index (χ1v) is 24.4. The van der Waals surface area contributed by atoms with Gasteiger partial charge in [-0.15, -0.1) is 22.7 Å². The average molecular weight is 936 g/mol. The van der Waals surface area contributed by atoms with Gasteiger partial charge in [0.15, 0.2) is 11.6 Å². The molecule has 0 spiro atoms. The Balaban J connectivity index is 1.19. The number of carbonyl (C=O) groups is 6. The Labute approximate surface area is 390 Å². The van der Waals surface area contributed by atoms with Crippen molar-refractivity contribution in [2.45, 2.75) is 141 Å². The second-order valence-corrected chi connectivity index (χ2v) is 20.4. The number of hydrogen-bond donors (Lipinski definition) is 0. The largest absolute Gasteiger partial charge is 0.469 e. The van der Waals surface area contributed by atoms with Crippen molar-refractivity contribution >= 4 is 63.7 Å². The molecule has 6 rings (SSSR count). The maximum Gasteiger partial charge on any atom is 0.306 e. The van der Waals surface area contributed by atoms with Gasteiger partial charge in [0.25, 0.3) is 0 Å². The Bertz CT molecular complexity index is 2050. The van der Waals surface area contributed by atoms with Crippen LogP contribution in [0.15, 0.2) is 35.0 Å². The summed E-state index contributed by atoms with van der Waals surface area (Å²) < 4.78 is 20.6. The van der Waals surface area contributed by atoms with E-state index >= 15 is 0 Å². The number of ketones is 2. The molecular formula is C48H65N5O10S2. The van der Waals surface area contributed by atoms with Crippen LogP contribution in [0.25, 0.3) is 0 Å². The maximum absolute atomic E-state index is 13.9. The van der Waals surface area contributed by atoms with E-state index in [1.165, 1.54) is 56.7 Å². The lowest BCUT2D eigenvalue weighted by Crippen LogP contribution is -2.47. The van der Waals surface area contributed by atoms with E-state index in [1.54, 1.807) is 23.6 Å². The van der Waals surface area contributed by atoms with Crippen molar-refractivity contribution in [1.82, 2.24) is 19.8 Å². The van der Waals surface area contributed by atoms with Gasteiger partial charge >= 0.3 is 11.9 Å². The van der Waals surface area contributed by atoms with Gasteiger partial charge in [-0.1, -0.05) is 32.9 Å². The molecule has 354 valence electrons. The van der Waals surface area contributed by atoms with E-state index < -0.39 is 48.1 Å². The van der Waals surface area contributed by atoms with Crippen LogP contribution in [-0.2, 0) is 66.0 Å². The zero-order valence-electron chi connectivity index (χ0n) is 39.2. The van der Waals surface area contributed by atoms with Crippen molar-refractivity contribution in [3.05, 3.63) is 62.0 Å². The zero-order chi connectivity index (χ0) is 47.2. The number of rotatable bonds is 19. The molecule has 2 amide bonds. The third-order valence-corrected chi connectivity index (χ3v) is 15.2. The molecule has 17 heteroatoms. The van der Waals surface area contributed by atoms with Crippen LogP contribution >= 0.6 is 22.7 Å². The molecule has 0 unspecified atom stereocenters. The predicted octanol–water partition coefficient (Wildman–Crippen LogP) is 6.61. The summed E-state index contributed by atoms with van der Waals surface area (Å²) >= 11 is 2.88. The van der Waals surface area contributed by atoms with Gasteiger partial charge in [-0.25, -0.2) is 9.97 Å². The predicted molar refractivity (Wildman–Crippen MR) is 247 cm³/mol. The van der Waals surface area contributed by atoms with Crippen molar-refractivity contribution in [3.63, 3.8) is 0 Å². The number of amides is 2. The Hall–Kier alpha value is -4.58. The highest BCUT2D eigenvalue weighted by Crippen LogP contribution is 2.47. The highest BCUT2D eigenvalue weighted by atomic mass is 32.1. The summed E-state index contributed by atoms with van der Waals surface area (Å²) in [7, 11) is 5.56. The Morgan fingerprint density at radius 2 is 1.08 bits per heavy atom. The summed E-state index contributed by atoms with van der Waals surface area (Å²) in [6, 6.07) is 7.16. The molecule has 5 heterocycles. The molecule has 0 N–H and O–H groups in total. The van der Waals surface area contributed by atoms with Gasteiger partial charge in [-0.3, -0.25) is 28.8 Å². The number of Topliss-reactive ketones (excluding diaryl/α,β-unsaturated/α-hetero) is 2. The van der Waals surface area contributed by atoms with Crippen LogP contribution in [0.4, 0.5) is 5.69 Å². The Morgan fingerprint density at radius 1 is 0.662 bits per heavy atom. The SMILES string of the molecule is COC(=O)C[C@H](C(=O)N1CCC[C@H]1C(=O)Cc1nc([C@@H]2CC[C@@H](c3csc(CC(=O)[C@@H]4CCCN4C(=O)[C@@H](CC(=O)OC)[C@@H](C)OC)n3)N2c2ccc(C(C)(C)C)cc2)cs1)[C@@H](C)OC. The number of carbonyl (C=O) groups excluding carboxylic acids is 6. The molecule has 3 saturated heterocycles. The molecule has 1 aromatic carbocycles. The summed E-state index contributed by atoms with van der Waals surface area (Å²) in [5, 5.41) is 5.40. The maximum atomic E-state index is 13.9. The molecule has 15 nitrogen and oxygen atoms in total. The minimum absolute atomic E-state index is 0.0390. The van der Waals surface area contributed by atoms with E-state index in [9.17, 15) is 28.8 Å². The van der Waals surface area contributed by atoms with Crippen molar-refractivity contribution in [2.24, 2.45) is 11.8 Å². The molecule has 3 aliphatic rings. The lowest BCUT2D eigenvalue weighted by Gasteiger charge is -2.32. The van der Waals surface area contributed by atoms with Gasteiger partial charge in [-0.2, -0.15) is 0 Å². The van der Waals surface area contributed by atoms with Crippen LogP contribution in [-0.4, -0.2) is 121 Å². The van der Waals surface area contributed by atoms with Gasteiger partial charge in [0.1, 0.15) is 10.0 Å². The van der Waals surface area contributed by atoms with Crippen LogP contribution < -0.4 is 4.90 Å². The summed E-state index contributed by atoms with van der Waals surface area (Å²) in [6.07, 6.45) is 2.85. The lowest BCUT2D eigenvalue weighted by molar-refractivity contribution is -0.151. The Morgan fingerprint density at radius 3 is 1.45 bits per heavy atom. The van der Waals surface area contributed by atoms with E-state index in [-0.39, 0.29) is 66.6 Å². The number of aromatic nitrogens is 2. The minimum Gasteiger partial charge on any atom is -0.469 e. The van der Waals surface area contributed by atoms with Crippen LogP contribution in [0, 0.1) is 11.8 Å². The molecule has 3 aromatic rings. The van der Waals surface area contributed by atoms with E-state index in [0.717, 1.165) is 29.9 Å². The zero-order valence-corrected chi connectivity index (χ0v) is 40.8. The normalized spacial score (nSPS) is 21.8. The lowest BCUT2D eigenvalue weighted by atomic mass is 9.87. The first kappa shape index (κ1) is 49.8. The van der Waals surface area contributed by atoms with Crippen molar-refractivity contribution in [3.8, 4) is 0 Å². The van der Waals surface area contributed by atoms with E-state index in [4.69, 9.17) is 28.9 Å². The summed E-state index contributed by atoms with van der Waals surface area (Å²) in [5.41, 5.74) is 3.90. The molecule has 3 aliphatic heterocycles. The monoisotopic (exact) mass is 935 g/mol. The average Bonchev–Trinajstić information content (AvgIpc) is 4.16. The topological polar surface area (TPSA) is 175 Å². The number of methoxy groups -OCH3 is 4. The number of ether oxygens (including phenoxy) is 4.